The smallest absolute Gasteiger partial charge is 0.354 e. The molecule has 0 atom stereocenters. The molecular formula is C8H12N2O3. The molecular weight excluding hydrogens is 172 g/mol. The van der Waals surface area contributed by atoms with E-state index in [-0.39, 0.29) is 12.3 Å². The Morgan fingerprint density at radius 3 is 3.00 bits per heavy atom. The highest BCUT2D eigenvalue weighted by Gasteiger charge is 2.20. The molecule has 1 aliphatic rings. The molecule has 2 amide bonds. The summed E-state index contributed by atoms with van der Waals surface area (Å²) in [5.41, 5.74) is 0.168. The predicted molar refractivity (Wildman–Crippen MR) is 46.7 cm³/mol. The maximum absolute atomic E-state index is 11.1. The number of carbonyl (C=O) groups excluding carboxylic acids is 2. The lowest BCUT2D eigenvalue weighted by molar-refractivity contribution is -0.135. The number of aliphatic imine (C=N–C) groups is 1. The lowest BCUT2D eigenvalue weighted by atomic mass is 10.3. The molecule has 0 saturated heterocycles. The quantitative estimate of drug-likeness (QED) is 0.510. The Kier molecular flexibility index (Phi) is 3.42. The summed E-state index contributed by atoms with van der Waals surface area (Å²) in [4.78, 5) is 25.2. The average molecular weight is 184 g/mol. The van der Waals surface area contributed by atoms with Gasteiger partial charge in [0.2, 0.25) is 0 Å². The van der Waals surface area contributed by atoms with Crippen molar-refractivity contribution < 1.29 is 14.3 Å². The van der Waals surface area contributed by atoms with Crippen LogP contribution < -0.4 is 5.32 Å². The molecule has 1 N–H and O–H groups in total. The number of rotatable bonds is 4. The van der Waals surface area contributed by atoms with Gasteiger partial charge in [0.05, 0.1) is 13.2 Å². The van der Waals surface area contributed by atoms with Crippen molar-refractivity contribution in [3.63, 3.8) is 0 Å². The van der Waals surface area contributed by atoms with Gasteiger partial charge in [-0.15, -0.1) is 0 Å². The van der Waals surface area contributed by atoms with E-state index >= 15 is 0 Å². The first-order chi connectivity index (χ1) is 6.24. The van der Waals surface area contributed by atoms with Gasteiger partial charge in [0, 0.05) is 0 Å². The van der Waals surface area contributed by atoms with Crippen LogP contribution in [0.4, 0.5) is 4.79 Å². The van der Waals surface area contributed by atoms with Gasteiger partial charge < -0.3 is 10.1 Å². The third kappa shape index (κ3) is 2.85. The van der Waals surface area contributed by atoms with Crippen molar-refractivity contribution in [1.29, 1.82) is 0 Å². The van der Waals surface area contributed by atoms with Crippen LogP contribution in [-0.2, 0) is 9.53 Å². The van der Waals surface area contributed by atoms with E-state index in [1.54, 1.807) is 0 Å². The fourth-order valence-corrected chi connectivity index (χ4v) is 0.871. The summed E-state index contributed by atoms with van der Waals surface area (Å²) in [5, 5.41) is 2.40. The first-order valence-electron chi connectivity index (χ1n) is 4.26. The normalized spacial score (nSPS) is 15.2. The van der Waals surface area contributed by atoms with E-state index in [0.717, 1.165) is 12.8 Å². The zero-order valence-corrected chi connectivity index (χ0v) is 7.50. The van der Waals surface area contributed by atoms with E-state index in [9.17, 15) is 9.59 Å². The second-order valence-corrected chi connectivity index (χ2v) is 2.71. The van der Waals surface area contributed by atoms with Gasteiger partial charge in [-0.2, -0.15) is 4.99 Å². The number of hydrogen-bond donors (Lipinski definition) is 1. The van der Waals surface area contributed by atoms with Crippen molar-refractivity contribution >= 4 is 17.7 Å². The van der Waals surface area contributed by atoms with Crippen LogP contribution in [0.2, 0.25) is 0 Å². The molecule has 0 aromatic heterocycles. The van der Waals surface area contributed by atoms with Crippen LogP contribution in [-0.4, -0.2) is 30.9 Å². The molecule has 5 heteroatoms. The number of esters is 1. The molecule has 0 unspecified atom stereocenters. The van der Waals surface area contributed by atoms with Gasteiger partial charge in [-0.3, -0.25) is 0 Å². The van der Waals surface area contributed by atoms with E-state index in [1.165, 1.54) is 0 Å². The van der Waals surface area contributed by atoms with E-state index < -0.39 is 12.0 Å². The van der Waals surface area contributed by atoms with Gasteiger partial charge in [0.1, 0.15) is 0 Å². The number of hydrogen-bond acceptors (Lipinski definition) is 3. The molecule has 0 spiro atoms. The fraction of sp³-hybridized carbons (Fsp3) is 0.625. The standard InChI is InChI=1S/C8H12N2O3/c1-2-3-4-13-7(11)6-5-9-8(12)10-6/h2-5H2,1H3,(H,9,12). The minimum absolute atomic E-state index is 0.168. The highest BCUT2D eigenvalue weighted by Crippen LogP contribution is 1.95. The average Bonchev–Trinajstić information content (AvgIpc) is 2.52. The third-order valence-corrected chi connectivity index (χ3v) is 1.61. The maximum atomic E-state index is 11.1. The molecule has 1 heterocycles. The summed E-state index contributed by atoms with van der Waals surface area (Å²) < 4.78 is 4.85. The highest BCUT2D eigenvalue weighted by atomic mass is 16.5. The molecule has 0 radical (unpaired) electrons. The molecule has 1 rings (SSSR count). The van der Waals surface area contributed by atoms with Crippen molar-refractivity contribution in [2.24, 2.45) is 4.99 Å². The number of ether oxygens (including phenoxy) is 1. The van der Waals surface area contributed by atoms with Gasteiger partial charge in [0.15, 0.2) is 5.71 Å². The minimum Gasteiger partial charge on any atom is -0.461 e. The topological polar surface area (TPSA) is 67.8 Å². The van der Waals surface area contributed by atoms with Gasteiger partial charge in [-0.25, -0.2) is 9.59 Å². The Labute approximate surface area is 76.2 Å². The van der Waals surface area contributed by atoms with E-state index in [4.69, 9.17) is 4.74 Å². The fourth-order valence-electron chi connectivity index (χ4n) is 0.871. The highest BCUT2D eigenvalue weighted by molar-refractivity contribution is 6.40. The molecule has 0 bridgehead atoms. The van der Waals surface area contributed by atoms with E-state index in [2.05, 4.69) is 10.3 Å². The van der Waals surface area contributed by atoms with Crippen molar-refractivity contribution in [2.75, 3.05) is 13.2 Å². The van der Waals surface area contributed by atoms with Gasteiger partial charge in [-0.1, -0.05) is 13.3 Å². The first-order valence-corrected chi connectivity index (χ1v) is 4.26. The lowest BCUT2D eigenvalue weighted by Crippen LogP contribution is -2.24. The lowest BCUT2D eigenvalue weighted by Gasteiger charge is -2.01. The van der Waals surface area contributed by atoms with Crippen LogP contribution in [0.5, 0.6) is 0 Å². The summed E-state index contributed by atoms with van der Waals surface area (Å²) in [6.45, 7) is 2.58. The Balaban J connectivity index is 2.31. The number of nitrogens with one attached hydrogen (secondary N) is 1. The van der Waals surface area contributed by atoms with Crippen molar-refractivity contribution in [2.45, 2.75) is 19.8 Å². The van der Waals surface area contributed by atoms with Crippen LogP contribution >= 0.6 is 0 Å². The van der Waals surface area contributed by atoms with Crippen molar-refractivity contribution in [3.8, 4) is 0 Å². The maximum Gasteiger partial charge on any atom is 0.354 e. The molecule has 0 saturated carbocycles. The summed E-state index contributed by atoms with van der Waals surface area (Å²) in [5.74, 6) is -0.494. The molecule has 5 nitrogen and oxygen atoms in total. The molecule has 0 aromatic carbocycles. The molecule has 0 fully saturated rings. The zero-order chi connectivity index (χ0) is 9.68. The van der Waals surface area contributed by atoms with E-state index in [0.29, 0.717) is 6.61 Å². The summed E-state index contributed by atoms with van der Waals surface area (Å²) >= 11 is 0. The predicted octanol–water partition coefficient (Wildman–Crippen LogP) is 0.494. The van der Waals surface area contributed by atoms with Crippen LogP contribution in [0.3, 0.4) is 0 Å². The van der Waals surface area contributed by atoms with Crippen LogP contribution in [0.15, 0.2) is 4.99 Å². The summed E-state index contributed by atoms with van der Waals surface area (Å²) in [6, 6.07) is -0.470. The van der Waals surface area contributed by atoms with E-state index in [1.807, 2.05) is 6.92 Å². The molecule has 1 aliphatic heterocycles. The van der Waals surface area contributed by atoms with Crippen LogP contribution in [0, 0.1) is 0 Å². The monoisotopic (exact) mass is 184 g/mol. The second kappa shape index (κ2) is 4.59. The van der Waals surface area contributed by atoms with Crippen LogP contribution in [0.25, 0.3) is 0 Å². The van der Waals surface area contributed by atoms with Gasteiger partial charge in [0.25, 0.3) is 0 Å². The SMILES string of the molecule is CCCCOC(=O)C1=NC(=O)NC1. The number of carbonyl (C=O) groups is 2. The molecule has 0 aromatic rings. The van der Waals surface area contributed by atoms with Gasteiger partial charge in [-0.05, 0) is 6.42 Å². The Morgan fingerprint density at radius 2 is 2.46 bits per heavy atom. The number of urea groups is 1. The Morgan fingerprint density at radius 1 is 1.69 bits per heavy atom. The van der Waals surface area contributed by atoms with Crippen molar-refractivity contribution in [1.82, 2.24) is 5.32 Å². The largest absolute Gasteiger partial charge is 0.461 e. The molecule has 0 aliphatic carbocycles. The number of amides is 2. The first kappa shape index (κ1) is 9.70. The van der Waals surface area contributed by atoms with Gasteiger partial charge >= 0.3 is 12.0 Å². The van der Waals surface area contributed by atoms with Crippen molar-refractivity contribution in [3.05, 3.63) is 0 Å². The Hall–Kier alpha value is -1.39. The number of nitrogens with zero attached hydrogens (tertiary/aromatic N) is 1. The molecule has 13 heavy (non-hydrogen) atoms. The summed E-state index contributed by atoms with van der Waals surface area (Å²) in [6.07, 6.45) is 1.80. The summed E-state index contributed by atoms with van der Waals surface area (Å²) in [7, 11) is 0. The van der Waals surface area contributed by atoms with Crippen LogP contribution in [0.1, 0.15) is 19.8 Å². The second-order valence-electron chi connectivity index (χ2n) is 2.71. The minimum atomic E-state index is -0.494. The molecule has 72 valence electrons. The number of unbranched alkanes of at least 4 members (excludes halogenated alkanes) is 1. The third-order valence-electron chi connectivity index (χ3n) is 1.61. The zero-order valence-electron chi connectivity index (χ0n) is 7.50. The Bertz CT molecular complexity index is 248.